The molecule has 0 spiro atoms. The highest BCUT2D eigenvalue weighted by molar-refractivity contribution is 6.34. The summed E-state index contributed by atoms with van der Waals surface area (Å²) in [7, 11) is 1.19. The lowest BCUT2D eigenvalue weighted by Crippen LogP contribution is -2.19. The molecule has 1 aromatic rings. The summed E-state index contributed by atoms with van der Waals surface area (Å²) in [5.74, 6) is -1.02. The third-order valence-corrected chi connectivity index (χ3v) is 2.06. The van der Waals surface area contributed by atoms with Crippen LogP contribution in [0.25, 0.3) is 0 Å². The van der Waals surface area contributed by atoms with E-state index in [1.54, 1.807) is 0 Å². The number of halogens is 1. The summed E-state index contributed by atoms with van der Waals surface area (Å²) >= 11 is 5.75. The zero-order chi connectivity index (χ0) is 12.3. The van der Waals surface area contributed by atoms with E-state index in [0.717, 1.165) is 6.07 Å². The predicted molar refractivity (Wildman–Crippen MR) is 57.7 cm³/mol. The summed E-state index contributed by atoms with van der Waals surface area (Å²) in [4.78, 5) is 21.8. The monoisotopic (exact) mass is 244 g/mol. The molecule has 0 fully saturated rings. The van der Waals surface area contributed by atoms with Gasteiger partial charge in [0.25, 0.3) is 0 Å². The number of primary amides is 1. The molecular formula is C9H9ClN2O4. The number of phenolic OH excluding ortho intramolecular Hbond substituents is 1. The topological polar surface area (TPSA) is 102 Å². The highest BCUT2D eigenvalue weighted by Gasteiger charge is 2.15. The first-order valence-corrected chi connectivity index (χ1v) is 4.50. The molecule has 0 aliphatic carbocycles. The second kappa shape index (κ2) is 4.71. The van der Waals surface area contributed by atoms with Crippen LogP contribution >= 0.6 is 11.6 Å². The van der Waals surface area contributed by atoms with Crippen molar-refractivity contribution in [1.29, 1.82) is 0 Å². The molecule has 0 aliphatic rings. The minimum atomic E-state index is -0.850. The number of carbonyl (C=O) groups excluding carboxylic acids is 2. The number of carbonyl (C=O) groups is 2. The van der Waals surface area contributed by atoms with E-state index >= 15 is 0 Å². The van der Waals surface area contributed by atoms with Crippen molar-refractivity contribution in [3.8, 4) is 5.75 Å². The number of phenols is 1. The smallest absolute Gasteiger partial charge is 0.339 e. The number of esters is 1. The molecule has 0 radical (unpaired) electrons. The molecule has 0 heterocycles. The molecule has 6 nitrogen and oxygen atoms in total. The maximum absolute atomic E-state index is 11.2. The van der Waals surface area contributed by atoms with Crippen molar-refractivity contribution in [3.63, 3.8) is 0 Å². The first-order chi connectivity index (χ1) is 7.45. The van der Waals surface area contributed by atoms with Crippen molar-refractivity contribution < 1.29 is 19.4 Å². The van der Waals surface area contributed by atoms with Crippen LogP contribution in [0.2, 0.25) is 5.02 Å². The van der Waals surface area contributed by atoms with Crippen LogP contribution in [0, 0.1) is 0 Å². The Labute approximate surface area is 96.0 Å². The van der Waals surface area contributed by atoms with Crippen LogP contribution in [0.4, 0.5) is 10.5 Å². The SMILES string of the molecule is COC(=O)c1cc(O)c(NC(N)=O)cc1Cl. The molecule has 0 bridgehead atoms. The van der Waals surface area contributed by atoms with Gasteiger partial charge in [-0.15, -0.1) is 0 Å². The summed E-state index contributed by atoms with van der Waals surface area (Å²) in [5.41, 5.74) is 4.89. The number of rotatable bonds is 2. The number of methoxy groups -OCH3 is 1. The lowest BCUT2D eigenvalue weighted by atomic mass is 10.2. The van der Waals surface area contributed by atoms with Gasteiger partial charge in [0.1, 0.15) is 5.75 Å². The number of benzene rings is 1. The molecule has 7 heteroatoms. The number of hydrogen-bond acceptors (Lipinski definition) is 4. The molecule has 0 saturated carbocycles. The van der Waals surface area contributed by atoms with Crippen molar-refractivity contribution in [1.82, 2.24) is 0 Å². The zero-order valence-corrected chi connectivity index (χ0v) is 9.04. The van der Waals surface area contributed by atoms with Crippen molar-refractivity contribution in [2.45, 2.75) is 0 Å². The molecule has 2 amide bonds. The van der Waals surface area contributed by atoms with Gasteiger partial charge < -0.3 is 20.9 Å². The third kappa shape index (κ3) is 2.54. The molecule has 16 heavy (non-hydrogen) atoms. The van der Waals surface area contributed by atoms with Crippen LogP contribution in [-0.2, 0) is 4.74 Å². The minimum absolute atomic E-state index is 0.00307. The molecule has 1 aromatic carbocycles. The average Bonchev–Trinajstić information content (AvgIpc) is 2.21. The fourth-order valence-electron chi connectivity index (χ4n) is 1.06. The number of nitrogens with one attached hydrogen (secondary N) is 1. The Morgan fingerprint density at radius 2 is 2.12 bits per heavy atom. The van der Waals surface area contributed by atoms with Gasteiger partial charge in [-0.2, -0.15) is 0 Å². The van der Waals surface area contributed by atoms with E-state index in [1.165, 1.54) is 13.2 Å². The quantitative estimate of drug-likeness (QED) is 0.539. The Kier molecular flexibility index (Phi) is 3.57. The highest BCUT2D eigenvalue weighted by atomic mass is 35.5. The molecule has 0 aromatic heterocycles. The molecule has 86 valence electrons. The third-order valence-electron chi connectivity index (χ3n) is 1.75. The van der Waals surface area contributed by atoms with Crippen molar-refractivity contribution in [2.75, 3.05) is 12.4 Å². The molecule has 0 aliphatic heterocycles. The number of anilines is 1. The van der Waals surface area contributed by atoms with Crippen LogP contribution < -0.4 is 11.1 Å². The fourth-order valence-corrected chi connectivity index (χ4v) is 1.30. The first-order valence-electron chi connectivity index (χ1n) is 4.13. The minimum Gasteiger partial charge on any atom is -0.506 e. The van der Waals surface area contributed by atoms with Crippen LogP contribution in [0.15, 0.2) is 12.1 Å². The largest absolute Gasteiger partial charge is 0.506 e. The van der Waals surface area contributed by atoms with Crippen LogP contribution in [0.5, 0.6) is 5.75 Å². The molecule has 0 saturated heterocycles. The number of nitrogens with two attached hydrogens (primary N) is 1. The van der Waals surface area contributed by atoms with Gasteiger partial charge in [-0.05, 0) is 12.1 Å². The zero-order valence-electron chi connectivity index (χ0n) is 8.28. The maximum Gasteiger partial charge on any atom is 0.339 e. The van der Waals surface area contributed by atoms with Gasteiger partial charge in [-0.25, -0.2) is 9.59 Å². The molecule has 0 atom stereocenters. The summed E-state index contributed by atoms with van der Waals surface area (Å²) in [5, 5.41) is 11.7. The number of aromatic hydroxyl groups is 1. The van der Waals surface area contributed by atoms with Crippen molar-refractivity contribution in [2.24, 2.45) is 5.73 Å². The molecule has 0 unspecified atom stereocenters. The first kappa shape index (κ1) is 12.1. The number of hydrogen-bond donors (Lipinski definition) is 3. The van der Waals surface area contributed by atoms with Gasteiger partial charge in [0.05, 0.1) is 23.4 Å². The highest BCUT2D eigenvalue weighted by Crippen LogP contribution is 2.30. The Morgan fingerprint density at radius 1 is 1.50 bits per heavy atom. The van der Waals surface area contributed by atoms with Gasteiger partial charge in [-0.1, -0.05) is 11.6 Å². The van der Waals surface area contributed by atoms with Crippen LogP contribution in [0.1, 0.15) is 10.4 Å². The molecule has 4 N–H and O–H groups in total. The van der Waals surface area contributed by atoms with E-state index in [9.17, 15) is 14.7 Å². The van der Waals surface area contributed by atoms with E-state index in [-0.39, 0.29) is 22.0 Å². The Bertz CT molecular complexity index is 447. The van der Waals surface area contributed by atoms with Crippen LogP contribution in [0.3, 0.4) is 0 Å². The summed E-state index contributed by atoms with van der Waals surface area (Å²) in [6.45, 7) is 0. The Hall–Kier alpha value is -1.95. The lowest BCUT2D eigenvalue weighted by Gasteiger charge is -2.08. The van der Waals surface area contributed by atoms with E-state index in [2.05, 4.69) is 10.1 Å². The van der Waals surface area contributed by atoms with Crippen molar-refractivity contribution >= 4 is 29.3 Å². The van der Waals surface area contributed by atoms with Gasteiger partial charge in [-0.3, -0.25) is 0 Å². The lowest BCUT2D eigenvalue weighted by molar-refractivity contribution is 0.0600. The summed E-state index contributed by atoms with van der Waals surface area (Å²) in [6, 6.07) is 1.44. The average molecular weight is 245 g/mol. The standard InChI is InChI=1S/C9H9ClN2O4/c1-16-8(14)4-2-7(13)6(3-5(4)10)12-9(11)15/h2-3,13H,1H3,(H3,11,12,15). The summed E-state index contributed by atoms with van der Waals surface area (Å²) in [6.07, 6.45) is 0. The second-order valence-electron chi connectivity index (χ2n) is 2.83. The van der Waals surface area contributed by atoms with Gasteiger partial charge in [0, 0.05) is 0 Å². The normalized spacial score (nSPS) is 9.62. The van der Waals surface area contributed by atoms with Gasteiger partial charge in [0.15, 0.2) is 0 Å². The van der Waals surface area contributed by atoms with E-state index in [4.69, 9.17) is 17.3 Å². The van der Waals surface area contributed by atoms with E-state index in [0.29, 0.717) is 0 Å². The Morgan fingerprint density at radius 3 is 2.62 bits per heavy atom. The number of urea groups is 1. The number of amides is 2. The molecule has 1 rings (SSSR count). The van der Waals surface area contributed by atoms with E-state index < -0.39 is 12.0 Å². The van der Waals surface area contributed by atoms with Crippen molar-refractivity contribution in [3.05, 3.63) is 22.7 Å². The van der Waals surface area contributed by atoms with Gasteiger partial charge in [0.2, 0.25) is 0 Å². The fraction of sp³-hybridized carbons (Fsp3) is 0.111. The Balaban J connectivity index is 3.16. The molecular weight excluding hydrogens is 236 g/mol. The maximum atomic E-state index is 11.2. The second-order valence-corrected chi connectivity index (χ2v) is 3.24. The predicted octanol–water partition coefficient (Wildman–Crippen LogP) is 1.32. The number of ether oxygens (including phenoxy) is 1. The summed E-state index contributed by atoms with van der Waals surface area (Å²) < 4.78 is 4.45. The van der Waals surface area contributed by atoms with Gasteiger partial charge >= 0.3 is 12.0 Å². The van der Waals surface area contributed by atoms with E-state index in [1.807, 2.05) is 0 Å². The van der Waals surface area contributed by atoms with Crippen LogP contribution in [-0.4, -0.2) is 24.2 Å².